The summed E-state index contributed by atoms with van der Waals surface area (Å²) in [6.07, 6.45) is 5.38. The van der Waals surface area contributed by atoms with E-state index in [9.17, 15) is 4.79 Å². The second kappa shape index (κ2) is 6.00. The largest absolute Gasteiger partial charge is 0.330 e. The maximum Gasteiger partial charge on any atom is 0.274 e. The molecule has 0 aliphatic carbocycles. The smallest absolute Gasteiger partial charge is 0.274 e. The Labute approximate surface area is 132 Å². The minimum Gasteiger partial charge on any atom is -0.330 e. The molecule has 1 atom stereocenters. The van der Waals surface area contributed by atoms with Crippen LogP contribution in [-0.4, -0.2) is 27.3 Å². The van der Waals surface area contributed by atoms with Crippen molar-refractivity contribution in [3.8, 4) is 0 Å². The summed E-state index contributed by atoms with van der Waals surface area (Å²) in [5, 5.41) is 0.584. The van der Waals surface area contributed by atoms with Crippen LogP contribution in [0.4, 0.5) is 0 Å². The molecule has 0 aromatic carbocycles. The van der Waals surface area contributed by atoms with Gasteiger partial charge in [0.2, 0.25) is 0 Å². The highest BCUT2D eigenvalue weighted by molar-refractivity contribution is 6.34. The first-order valence-electron chi connectivity index (χ1n) is 6.70. The van der Waals surface area contributed by atoms with Crippen molar-refractivity contribution < 1.29 is 4.79 Å². The Hall–Kier alpha value is -1.65. The highest BCUT2D eigenvalue weighted by Crippen LogP contribution is 2.33. The van der Waals surface area contributed by atoms with Crippen molar-refractivity contribution in [2.45, 2.75) is 18.9 Å². The average molecular weight is 322 g/mol. The van der Waals surface area contributed by atoms with Crippen LogP contribution in [0.5, 0.6) is 0 Å². The quantitative estimate of drug-likeness (QED) is 0.791. The molecule has 1 saturated heterocycles. The molecule has 108 valence electrons. The Kier molecular flexibility index (Phi) is 4.08. The third-order valence-electron chi connectivity index (χ3n) is 3.60. The van der Waals surface area contributed by atoms with Crippen molar-refractivity contribution >= 4 is 29.1 Å². The van der Waals surface area contributed by atoms with E-state index in [1.165, 1.54) is 0 Å². The van der Waals surface area contributed by atoms with Gasteiger partial charge in [0, 0.05) is 18.9 Å². The van der Waals surface area contributed by atoms with E-state index in [2.05, 4.69) is 9.97 Å². The summed E-state index contributed by atoms with van der Waals surface area (Å²) >= 11 is 12.0. The standard InChI is InChI=1S/C15H13Cl2N3O/c16-11-5-6-13(17)19-14(11)15(21)20-8-2-4-12(20)10-3-1-7-18-9-10/h1,3,5-7,9,12H,2,4,8H2. The van der Waals surface area contributed by atoms with E-state index in [0.29, 0.717) is 11.6 Å². The van der Waals surface area contributed by atoms with Crippen molar-refractivity contribution in [1.82, 2.24) is 14.9 Å². The summed E-state index contributed by atoms with van der Waals surface area (Å²) in [7, 11) is 0. The van der Waals surface area contributed by atoms with Gasteiger partial charge in [-0.3, -0.25) is 9.78 Å². The van der Waals surface area contributed by atoms with E-state index in [1.54, 1.807) is 29.4 Å². The summed E-state index contributed by atoms with van der Waals surface area (Å²) in [4.78, 5) is 22.7. The minimum absolute atomic E-state index is 0.0167. The molecule has 4 nitrogen and oxygen atoms in total. The minimum atomic E-state index is -0.186. The van der Waals surface area contributed by atoms with E-state index in [0.717, 1.165) is 18.4 Å². The van der Waals surface area contributed by atoms with Gasteiger partial charge in [-0.05, 0) is 36.6 Å². The Bertz CT molecular complexity index is 663. The normalized spacial score (nSPS) is 18.0. The van der Waals surface area contributed by atoms with Gasteiger partial charge in [-0.15, -0.1) is 0 Å². The first-order chi connectivity index (χ1) is 10.2. The molecule has 0 spiro atoms. The molecule has 0 saturated carbocycles. The summed E-state index contributed by atoms with van der Waals surface area (Å²) in [5.74, 6) is -0.186. The van der Waals surface area contributed by atoms with Gasteiger partial charge in [0.1, 0.15) is 10.8 Å². The second-order valence-electron chi connectivity index (χ2n) is 4.91. The summed E-state index contributed by atoms with van der Waals surface area (Å²) in [6, 6.07) is 7.04. The molecule has 6 heteroatoms. The zero-order valence-electron chi connectivity index (χ0n) is 11.2. The fourth-order valence-electron chi connectivity index (χ4n) is 2.63. The van der Waals surface area contributed by atoms with E-state index < -0.39 is 0 Å². The molecule has 0 bridgehead atoms. The summed E-state index contributed by atoms with van der Waals surface area (Å²) < 4.78 is 0. The van der Waals surface area contributed by atoms with Crippen LogP contribution in [0, 0.1) is 0 Å². The molecular formula is C15H13Cl2N3O. The third-order valence-corrected chi connectivity index (χ3v) is 4.11. The number of hydrogen-bond acceptors (Lipinski definition) is 3. The van der Waals surface area contributed by atoms with Gasteiger partial charge in [-0.1, -0.05) is 29.3 Å². The number of aromatic nitrogens is 2. The van der Waals surface area contributed by atoms with E-state index in [1.807, 2.05) is 12.1 Å². The molecule has 21 heavy (non-hydrogen) atoms. The van der Waals surface area contributed by atoms with Gasteiger partial charge >= 0.3 is 0 Å². The van der Waals surface area contributed by atoms with Gasteiger partial charge < -0.3 is 4.90 Å². The number of rotatable bonds is 2. The van der Waals surface area contributed by atoms with E-state index in [4.69, 9.17) is 23.2 Å². The maximum atomic E-state index is 12.7. The van der Waals surface area contributed by atoms with Crippen LogP contribution in [0.25, 0.3) is 0 Å². The van der Waals surface area contributed by atoms with Crippen molar-refractivity contribution in [2.24, 2.45) is 0 Å². The monoisotopic (exact) mass is 321 g/mol. The molecule has 1 aliphatic heterocycles. The number of nitrogens with zero attached hydrogens (tertiary/aromatic N) is 3. The lowest BCUT2D eigenvalue weighted by Gasteiger charge is -2.24. The van der Waals surface area contributed by atoms with Gasteiger partial charge in [-0.2, -0.15) is 0 Å². The topological polar surface area (TPSA) is 46.1 Å². The highest BCUT2D eigenvalue weighted by Gasteiger charge is 2.32. The predicted molar refractivity (Wildman–Crippen MR) is 81.5 cm³/mol. The molecule has 1 fully saturated rings. The first kappa shape index (κ1) is 14.3. The van der Waals surface area contributed by atoms with Crippen LogP contribution in [0.2, 0.25) is 10.2 Å². The van der Waals surface area contributed by atoms with Crippen LogP contribution < -0.4 is 0 Å². The molecule has 2 aromatic rings. The highest BCUT2D eigenvalue weighted by atomic mass is 35.5. The number of pyridine rings is 2. The number of hydrogen-bond donors (Lipinski definition) is 0. The van der Waals surface area contributed by atoms with Crippen molar-refractivity contribution in [3.05, 3.63) is 58.1 Å². The van der Waals surface area contributed by atoms with Crippen molar-refractivity contribution in [3.63, 3.8) is 0 Å². The number of likely N-dealkylation sites (tertiary alicyclic amines) is 1. The van der Waals surface area contributed by atoms with Crippen LogP contribution in [0.1, 0.15) is 34.9 Å². The summed E-state index contributed by atoms with van der Waals surface area (Å²) in [5.41, 5.74) is 1.24. The summed E-state index contributed by atoms with van der Waals surface area (Å²) in [6.45, 7) is 0.683. The van der Waals surface area contributed by atoms with Crippen LogP contribution in [0.3, 0.4) is 0 Å². The molecule has 3 rings (SSSR count). The van der Waals surface area contributed by atoms with Crippen LogP contribution in [-0.2, 0) is 0 Å². The fraction of sp³-hybridized carbons (Fsp3) is 0.267. The Morgan fingerprint density at radius 2 is 2.14 bits per heavy atom. The zero-order valence-corrected chi connectivity index (χ0v) is 12.7. The van der Waals surface area contributed by atoms with Gasteiger partial charge in [0.25, 0.3) is 5.91 Å². The molecular weight excluding hydrogens is 309 g/mol. The number of halogens is 2. The molecule has 2 aromatic heterocycles. The maximum absolute atomic E-state index is 12.7. The Morgan fingerprint density at radius 1 is 1.29 bits per heavy atom. The predicted octanol–water partition coefficient (Wildman–Crippen LogP) is 3.76. The van der Waals surface area contributed by atoms with Gasteiger partial charge in [0.15, 0.2) is 0 Å². The Balaban J connectivity index is 1.92. The zero-order chi connectivity index (χ0) is 14.8. The molecule has 1 aliphatic rings. The second-order valence-corrected chi connectivity index (χ2v) is 5.70. The van der Waals surface area contributed by atoms with Crippen molar-refractivity contribution in [1.29, 1.82) is 0 Å². The van der Waals surface area contributed by atoms with Gasteiger partial charge in [0.05, 0.1) is 11.1 Å². The number of amides is 1. The molecule has 1 amide bonds. The van der Waals surface area contributed by atoms with Gasteiger partial charge in [-0.25, -0.2) is 4.98 Å². The van der Waals surface area contributed by atoms with E-state index >= 15 is 0 Å². The first-order valence-corrected chi connectivity index (χ1v) is 7.45. The fourth-order valence-corrected chi connectivity index (χ4v) is 2.97. The molecule has 0 N–H and O–H groups in total. The number of carbonyl (C=O) groups excluding carboxylic acids is 1. The lowest BCUT2D eigenvalue weighted by atomic mass is 10.1. The molecule has 0 radical (unpaired) electrons. The Morgan fingerprint density at radius 3 is 2.90 bits per heavy atom. The third kappa shape index (κ3) is 2.87. The van der Waals surface area contributed by atoms with E-state index in [-0.39, 0.29) is 22.8 Å². The lowest BCUT2D eigenvalue weighted by Crippen LogP contribution is -2.31. The average Bonchev–Trinajstić information content (AvgIpc) is 2.99. The van der Waals surface area contributed by atoms with Crippen molar-refractivity contribution in [2.75, 3.05) is 6.54 Å². The van der Waals surface area contributed by atoms with Crippen LogP contribution >= 0.6 is 23.2 Å². The SMILES string of the molecule is O=C(c1nc(Cl)ccc1Cl)N1CCCC1c1cccnc1. The lowest BCUT2D eigenvalue weighted by molar-refractivity contribution is 0.0729. The molecule has 3 heterocycles. The number of carbonyl (C=O) groups is 1. The molecule has 1 unspecified atom stereocenters. The van der Waals surface area contributed by atoms with Crippen LogP contribution in [0.15, 0.2) is 36.7 Å².